The van der Waals surface area contributed by atoms with Crippen LogP contribution in [0.3, 0.4) is 0 Å². The number of H-pyrrole nitrogens is 1. The van der Waals surface area contributed by atoms with E-state index in [1.54, 1.807) is 0 Å². The van der Waals surface area contributed by atoms with Crippen LogP contribution in [0.25, 0.3) is 22.5 Å². The van der Waals surface area contributed by atoms with Crippen molar-refractivity contribution in [2.45, 2.75) is 39.5 Å². The van der Waals surface area contributed by atoms with E-state index in [0.29, 0.717) is 18.3 Å². The molecule has 0 atom stereocenters. The van der Waals surface area contributed by atoms with E-state index in [2.05, 4.69) is 67.8 Å². The van der Waals surface area contributed by atoms with Crippen molar-refractivity contribution in [2.75, 3.05) is 27.2 Å². The van der Waals surface area contributed by atoms with Crippen LogP contribution < -0.4 is 4.74 Å². The molecule has 8 heteroatoms. The zero-order valence-electron chi connectivity index (χ0n) is 21.0. The van der Waals surface area contributed by atoms with Gasteiger partial charge in [0.1, 0.15) is 12.4 Å². The van der Waals surface area contributed by atoms with Crippen molar-refractivity contribution in [3.8, 4) is 28.4 Å². The van der Waals surface area contributed by atoms with E-state index in [9.17, 15) is 0 Å². The summed E-state index contributed by atoms with van der Waals surface area (Å²) < 4.78 is 6.16. The van der Waals surface area contributed by atoms with Gasteiger partial charge in [-0.15, -0.1) is 10.2 Å². The van der Waals surface area contributed by atoms with Crippen LogP contribution in [0.15, 0.2) is 48.5 Å². The summed E-state index contributed by atoms with van der Waals surface area (Å²) in [6, 6.07) is 16.7. The molecule has 0 aliphatic rings. The molecule has 0 spiro atoms. The highest BCUT2D eigenvalue weighted by atomic mass is 16.5. The fourth-order valence-electron chi connectivity index (χ4n) is 4.01. The second kappa shape index (κ2) is 11.7. The van der Waals surface area contributed by atoms with E-state index >= 15 is 0 Å². The standard InChI is InChI=1S/C27H33N7O/c1-5-6-11-25-24(27(29-19(2)28-25)35-17-16-34(3)4)18-20-12-14-21(15-13-20)22-9-7-8-10-23(22)26-30-32-33-31-26/h7-10,12-15H,5-6,11,16-18H2,1-4H3,(H,30,31,32,33). The number of ether oxygens (including phenoxy) is 1. The maximum absolute atomic E-state index is 6.16. The number of likely N-dealkylation sites (N-methyl/N-ethyl adjacent to an activating group) is 1. The lowest BCUT2D eigenvalue weighted by molar-refractivity contribution is 0.251. The lowest BCUT2D eigenvalue weighted by Gasteiger charge is -2.17. The van der Waals surface area contributed by atoms with Crippen LogP contribution in [0.1, 0.15) is 42.4 Å². The van der Waals surface area contributed by atoms with Crippen LogP contribution in [0, 0.1) is 6.92 Å². The van der Waals surface area contributed by atoms with E-state index in [1.165, 1.54) is 5.56 Å². The molecule has 182 valence electrons. The Labute approximate surface area is 206 Å². The monoisotopic (exact) mass is 471 g/mol. The first-order chi connectivity index (χ1) is 17.0. The Morgan fingerprint density at radius 1 is 0.971 bits per heavy atom. The van der Waals surface area contributed by atoms with Crippen LogP contribution in [0.5, 0.6) is 5.88 Å². The van der Waals surface area contributed by atoms with Crippen molar-refractivity contribution in [1.82, 2.24) is 35.5 Å². The van der Waals surface area contributed by atoms with Crippen molar-refractivity contribution < 1.29 is 4.74 Å². The van der Waals surface area contributed by atoms with Crippen molar-refractivity contribution in [3.05, 3.63) is 71.2 Å². The summed E-state index contributed by atoms with van der Waals surface area (Å²) >= 11 is 0. The number of hydrogen-bond donors (Lipinski definition) is 1. The number of aryl methyl sites for hydroxylation is 2. The Bertz CT molecular complexity index is 1220. The summed E-state index contributed by atoms with van der Waals surface area (Å²) in [6.07, 6.45) is 3.86. The molecule has 0 bridgehead atoms. The fraction of sp³-hybridized carbons (Fsp3) is 0.370. The van der Waals surface area contributed by atoms with Crippen LogP contribution >= 0.6 is 0 Å². The van der Waals surface area contributed by atoms with E-state index in [-0.39, 0.29) is 0 Å². The van der Waals surface area contributed by atoms with Crippen LogP contribution in [0.4, 0.5) is 0 Å². The van der Waals surface area contributed by atoms with Gasteiger partial charge in [0, 0.05) is 24.1 Å². The highest BCUT2D eigenvalue weighted by Crippen LogP contribution is 2.31. The summed E-state index contributed by atoms with van der Waals surface area (Å²) in [6.45, 7) is 5.57. The molecule has 0 saturated carbocycles. The molecule has 0 aliphatic carbocycles. The summed E-state index contributed by atoms with van der Waals surface area (Å²) in [5, 5.41) is 14.6. The molecule has 4 rings (SSSR count). The summed E-state index contributed by atoms with van der Waals surface area (Å²) in [5.41, 5.74) is 6.47. The van der Waals surface area contributed by atoms with Crippen molar-refractivity contribution >= 4 is 0 Å². The molecule has 8 nitrogen and oxygen atoms in total. The fourth-order valence-corrected chi connectivity index (χ4v) is 4.01. The Kier molecular flexibility index (Phi) is 8.15. The van der Waals surface area contributed by atoms with Gasteiger partial charge in [-0.25, -0.2) is 4.98 Å². The largest absolute Gasteiger partial charge is 0.476 e. The first kappa shape index (κ1) is 24.5. The van der Waals surface area contributed by atoms with Gasteiger partial charge in [-0.05, 0) is 55.8 Å². The Hall–Kier alpha value is -3.65. The number of unbranched alkanes of at least 4 members (excludes halogenated alkanes) is 1. The third-order valence-electron chi connectivity index (χ3n) is 5.87. The highest BCUT2D eigenvalue weighted by Gasteiger charge is 2.16. The molecular weight excluding hydrogens is 438 g/mol. The lowest BCUT2D eigenvalue weighted by Crippen LogP contribution is -2.20. The first-order valence-electron chi connectivity index (χ1n) is 12.1. The first-order valence-corrected chi connectivity index (χ1v) is 12.1. The van der Waals surface area contributed by atoms with Crippen LogP contribution in [0.2, 0.25) is 0 Å². The number of hydrogen-bond acceptors (Lipinski definition) is 7. The SMILES string of the molecule is CCCCc1nc(C)nc(OCCN(C)C)c1Cc1ccc(-c2ccccc2-c2nn[nH]n2)cc1. The lowest BCUT2D eigenvalue weighted by atomic mass is 9.96. The molecule has 4 aromatic rings. The smallest absolute Gasteiger partial charge is 0.220 e. The van der Waals surface area contributed by atoms with Crippen molar-refractivity contribution in [3.63, 3.8) is 0 Å². The molecular formula is C27H33N7O. The molecule has 0 fully saturated rings. The summed E-state index contributed by atoms with van der Waals surface area (Å²) in [5.74, 6) is 2.05. The molecule has 2 aromatic carbocycles. The number of nitrogens with one attached hydrogen (secondary N) is 1. The minimum atomic E-state index is 0.585. The van der Waals surface area contributed by atoms with Gasteiger partial charge in [0.25, 0.3) is 0 Å². The van der Waals surface area contributed by atoms with Crippen LogP contribution in [-0.2, 0) is 12.8 Å². The molecule has 0 unspecified atom stereocenters. The molecule has 0 radical (unpaired) electrons. The minimum absolute atomic E-state index is 0.585. The van der Waals surface area contributed by atoms with E-state index < -0.39 is 0 Å². The highest BCUT2D eigenvalue weighted by molar-refractivity contribution is 5.80. The number of aromatic nitrogens is 6. The van der Waals surface area contributed by atoms with Gasteiger partial charge < -0.3 is 9.64 Å². The predicted octanol–water partition coefficient (Wildman–Crippen LogP) is 4.51. The second-order valence-electron chi connectivity index (χ2n) is 8.91. The number of tetrazole rings is 1. The predicted molar refractivity (Wildman–Crippen MR) is 137 cm³/mol. The molecule has 2 aromatic heterocycles. The Balaban J connectivity index is 1.62. The zero-order valence-corrected chi connectivity index (χ0v) is 21.0. The molecule has 0 amide bonds. The third kappa shape index (κ3) is 6.27. The zero-order chi connectivity index (χ0) is 24.6. The normalized spacial score (nSPS) is 11.2. The van der Waals surface area contributed by atoms with Crippen molar-refractivity contribution in [1.29, 1.82) is 0 Å². The van der Waals surface area contributed by atoms with E-state index in [4.69, 9.17) is 9.72 Å². The molecule has 35 heavy (non-hydrogen) atoms. The quantitative estimate of drug-likeness (QED) is 0.344. The van der Waals surface area contributed by atoms with Crippen molar-refractivity contribution in [2.24, 2.45) is 0 Å². The van der Waals surface area contributed by atoms with E-state index in [0.717, 1.165) is 66.0 Å². The van der Waals surface area contributed by atoms with Gasteiger partial charge in [-0.3, -0.25) is 0 Å². The molecule has 2 heterocycles. The molecule has 0 saturated heterocycles. The van der Waals surface area contributed by atoms with Gasteiger partial charge in [-0.1, -0.05) is 61.9 Å². The number of aromatic amines is 1. The van der Waals surface area contributed by atoms with Gasteiger partial charge in [0.05, 0.1) is 5.69 Å². The van der Waals surface area contributed by atoms with Gasteiger partial charge >= 0.3 is 0 Å². The Morgan fingerprint density at radius 2 is 1.74 bits per heavy atom. The average molecular weight is 472 g/mol. The van der Waals surface area contributed by atoms with Gasteiger partial charge in [0.2, 0.25) is 11.7 Å². The maximum Gasteiger partial charge on any atom is 0.220 e. The van der Waals surface area contributed by atoms with E-state index in [1.807, 2.05) is 39.2 Å². The second-order valence-corrected chi connectivity index (χ2v) is 8.91. The minimum Gasteiger partial charge on any atom is -0.476 e. The summed E-state index contributed by atoms with van der Waals surface area (Å²) in [7, 11) is 4.08. The number of rotatable bonds is 11. The van der Waals surface area contributed by atoms with Gasteiger partial charge in [-0.2, -0.15) is 10.2 Å². The van der Waals surface area contributed by atoms with Crippen LogP contribution in [-0.4, -0.2) is 62.7 Å². The topological polar surface area (TPSA) is 92.7 Å². The maximum atomic E-state index is 6.16. The third-order valence-corrected chi connectivity index (χ3v) is 5.87. The van der Waals surface area contributed by atoms with Gasteiger partial charge in [0.15, 0.2) is 0 Å². The number of nitrogens with zero attached hydrogens (tertiary/aromatic N) is 6. The summed E-state index contributed by atoms with van der Waals surface area (Å²) in [4.78, 5) is 11.6. The Morgan fingerprint density at radius 3 is 2.43 bits per heavy atom. The number of benzene rings is 2. The molecule has 1 N–H and O–H groups in total. The average Bonchev–Trinajstić information content (AvgIpc) is 3.39. The molecule has 0 aliphatic heterocycles.